The molecule has 1 nitrogen and oxygen atoms in total. The van der Waals surface area contributed by atoms with Gasteiger partial charge in [-0.05, 0) is 62.8 Å². The van der Waals surface area contributed by atoms with E-state index in [1.165, 1.54) is 32.1 Å². The zero-order valence-electron chi connectivity index (χ0n) is 9.22. The molecule has 1 fully saturated rings. The SMILES string of the molecule is Brc1cccc(Br)c1OCC1CCCCC1. The van der Waals surface area contributed by atoms with E-state index in [4.69, 9.17) is 4.74 Å². The van der Waals surface area contributed by atoms with Gasteiger partial charge in [0.05, 0.1) is 15.6 Å². The summed E-state index contributed by atoms with van der Waals surface area (Å²) >= 11 is 7.03. The molecule has 2 rings (SSSR count). The van der Waals surface area contributed by atoms with Crippen LogP contribution in [0.1, 0.15) is 32.1 Å². The topological polar surface area (TPSA) is 9.23 Å². The van der Waals surface area contributed by atoms with E-state index in [1.54, 1.807) is 0 Å². The monoisotopic (exact) mass is 346 g/mol. The molecule has 16 heavy (non-hydrogen) atoms. The highest BCUT2D eigenvalue weighted by molar-refractivity contribution is 9.11. The molecule has 1 aromatic carbocycles. The molecule has 0 spiro atoms. The molecule has 0 bridgehead atoms. The molecule has 1 aliphatic carbocycles. The number of rotatable bonds is 3. The lowest BCUT2D eigenvalue weighted by atomic mass is 9.90. The average Bonchev–Trinajstić information content (AvgIpc) is 2.30. The van der Waals surface area contributed by atoms with E-state index >= 15 is 0 Å². The summed E-state index contributed by atoms with van der Waals surface area (Å²) in [5.74, 6) is 1.68. The summed E-state index contributed by atoms with van der Waals surface area (Å²) in [6, 6.07) is 6.03. The van der Waals surface area contributed by atoms with Gasteiger partial charge in [0.2, 0.25) is 0 Å². The zero-order chi connectivity index (χ0) is 11.4. The fourth-order valence-electron chi connectivity index (χ4n) is 2.18. The predicted molar refractivity (Wildman–Crippen MR) is 73.9 cm³/mol. The lowest BCUT2D eigenvalue weighted by Crippen LogP contribution is -2.15. The van der Waals surface area contributed by atoms with Crippen LogP contribution in [0.2, 0.25) is 0 Å². The molecule has 0 radical (unpaired) electrons. The zero-order valence-corrected chi connectivity index (χ0v) is 12.4. The van der Waals surface area contributed by atoms with Gasteiger partial charge in [0.15, 0.2) is 0 Å². The number of hydrogen-bond acceptors (Lipinski definition) is 1. The van der Waals surface area contributed by atoms with Gasteiger partial charge in [0, 0.05) is 0 Å². The summed E-state index contributed by atoms with van der Waals surface area (Å²) in [5.41, 5.74) is 0. The number of para-hydroxylation sites is 1. The lowest BCUT2D eigenvalue weighted by molar-refractivity contribution is 0.207. The van der Waals surface area contributed by atoms with Crippen LogP contribution in [0.15, 0.2) is 27.1 Å². The Kier molecular flexibility index (Phi) is 4.71. The van der Waals surface area contributed by atoms with E-state index in [1.807, 2.05) is 18.2 Å². The van der Waals surface area contributed by atoms with Gasteiger partial charge in [0.1, 0.15) is 5.75 Å². The van der Waals surface area contributed by atoms with Crippen LogP contribution in [0.3, 0.4) is 0 Å². The van der Waals surface area contributed by atoms with Crippen LogP contribution in [0.4, 0.5) is 0 Å². The van der Waals surface area contributed by atoms with Crippen molar-refractivity contribution in [1.82, 2.24) is 0 Å². The Morgan fingerprint density at radius 2 is 1.69 bits per heavy atom. The maximum absolute atomic E-state index is 5.91. The van der Waals surface area contributed by atoms with E-state index in [2.05, 4.69) is 31.9 Å². The second-order valence-corrected chi connectivity index (χ2v) is 6.07. The van der Waals surface area contributed by atoms with Crippen LogP contribution in [-0.2, 0) is 0 Å². The highest BCUT2D eigenvalue weighted by Crippen LogP contribution is 2.34. The Balaban J connectivity index is 1.93. The number of halogens is 2. The Labute approximate surface area is 114 Å². The third-order valence-electron chi connectivity index (χ3n) is 3.11. The van der Waals surface area contributed by atoms with Crippen LogP contribution < -0.4 is 4.74 Å². The van der Waals surface area contributed by atoms with Gasteiger partial charge >= 0.3 is 0 Å². The maximum atomic E-state index is 5.91. The summed E-state index contributed by atoms with van der Waals surface area (Å²) < 4.78 is 7.96. The average molecular weight is 348 g/mol. The van der Waals surface area contributed by atoms with Gasteiger partial charge < -0.3 is 4.74 Å². The molecule has 1 aromatic rings. The molecule has 0 saturated heterocycles. The van der Waals surface area contributed by atoms with Crippen molar-refractivity contribution in [3.8, 4) is 5.75 Å². The molecule has 0 N–H and O–H groups in total. The lowest BCUT2D eigenvalue weighted by Gasteiger charge is -2.22. The van der Waals surface area contributed by atoms with Gasteiger partial charge in [-0.1, -0.05) is 25.3 Å². The van der Waals surface area contributed by atoms with E-state index in [0.717, 1.165) is 27.2 Å². The summed E-state index contributed by atoms with van der Waals surface area (Å²) in [4.78, 5) is 0. The second kappa shape index (κ2) is 6.06. The van der Waals surface area contributed by atoms with Crippen molar-refractivity contribution in [3.05, 3.63) is 27.1 Å². The molecular weight excluding hydrogens is 332 g/mol. The van der Waals surface area contributed by atoms with Gasteiger partial charge in [-0.15, -0.1) is 0 Å². The van der Waals surface area contributed by atoms with E-state index in [9.17, 15) is 0 Å². The molecule has 0 heterocycles. The largest absolute Gasteiger partial charge is 0.491 e. The van der Waals surface area contributed by atoms with Gasteiger partial charge in [-0.3, -0.25) is 0 Å². The molecule has 3 heteroatoms. The number of ether oxygens (including phenoxy) is 1. The summed E-state index contributed by atoms with van der Waals surface area (Å²) in [6.07, 6.45) is 6.77. The van der Waals surface area contributed by atoms with Crippen molar-refractivity contribution in [3.63, 3.8) is 0 Å². The Hall–Kier alpha value is -0.0200. The summed E-state index contributed by atoms with van der Waals surface area (Å²) in [5, 5.41) is 0. The predicted octanol–water partition coefficient (Wildman–Crippen LogP) is 5.17. The maximum Gasteiger partial charge on any atom is 0.147 e. The first-order valence-electron chi connectivity index (χ1n) is 5.84. The van der Waals surface area contributed by atoms with Crippen LogP contribution in [0, 0.1) is 5.92 Å². The van der Waals surface area contributed by atoms with Gasteiger partial charge in [-0.2, -0.15) is 0 Å². The first-order chi connectivity index (χ1) is 7.77. The smallest absolute Gasteiger partial charge is 0.147 e. The van der Waals surface area contributed by atoms with E-state index in [0.29, 0.717) is 0 Å². The quantitative estimate of drug-likeness (QED) is 0.732. The van der Waals surface area contributed by atoms with E-state index in [-0.39, 0.29) is 0 Å². The van der Waals surface area contributed by atoms with Crippen LogP contribution in [0.25, 0.3) is 0 Å². The number of hydrogen-bond donors (Lipinski definition) is 0. The third-order valence-corrected chi connectivity index (χ3v) is 4.36. The molecular formula is C13H16Br2O. The first kappa shape index (κ1) is 12.4. The molecule has 0 aromatic heterocycles. The van der Waals surface area contributed by atoms with Crippen LogP contribution in [0.5, 0.6) is 5.75 Å². The van der Waals surface area contributed by atoms with Crippen molar-refractivity contribution in [1.29, 1.82) is 0 Å². The molecule has 88 valence electrons. The minimum atomic E-state index is 0.743. The standard InChI is InChI=1S/C13H16Br2O/c14-11-7-4-8-12(15)13(11)16-9-10-5-2-1-3-6-10/h4,7-8,10H,1-3,5-6,9H2. The van der Waals surface area contributed by atoms with Crippen molar-refractivity contribution >= 4 is 31.9 Å². The second-order valence-electron chi connectivity index (χ2n) is 4.37. The highest BCUT2D eigenvalue weighted by atomic mass is 79.9. The Bertz CT molecular complexity index is 326. The van der Waals surface area contributed by atoms with Crippen molar-refractivity contribution in [2.45, 2.75) is 32.1 Å². The minimum Gasteiger partial charge on any atom is -0.491 e. The van der Waals surface area contributed by atoms with E-state index < -0.39 is 0 Å². The summed E-state index contributed by atoms with van der Waals surface area (Å²) in [7, 11) is 0. The van der Waals surface area contributed by atoms with Crippen LogP contribution in [-0.4, -0.2) is 6.61 Å². The first-order valence-corrected chi connectivity index (χ1v) is 7.43. The normalized spacial score (nSPS) is 17.4. The molecule has 0 aliphatic heterocycles. The Morgan fingerprint density at radius 1 is 1.06 bits per heavy atom. The molecule has 1 aliphatic rings. The Morgan fingerprint density at radius 3 is 2.31 bits per heavy atom. The molecule has 0 amide bonds. The third kappa shape index (κ3) is 3.24. The fraction of sp³-hybridized carbons (Fsp3) is 0.538. The highest BCUT2D eigenvalue weighted by Gasteiger charge is 2.15. The van der Waals surface area contributed by atoms with Crippen molar-refractivity contribution in [2.75, 3.05) is 6.61 Å². The van der Waals surface area contributed by atoms with Crippen molar-refractivity contribution in [2.24, 2.45) is 5.92 Å². The van der Waals surface area contributed by atoms with Crippen LogP contribution >= 0.6 is 31.9 Å². The molecule has 0 unspecified atom stereocenters. The minimum absolute atomic E-state index is 0.743. The number of benzene rings is 1. The van der Waals surface area contributed by atoms with Gasteiger partial charge in [0.25, 0.3) is 0 Å². The molecule has 0 atom stereocenters. The van der Waals surface area contributed by atoms with Crippen molar-refractivity contribution < 1.29 is 4.74 Å². The van der Waals surface area contributed by atoms with Gasteiger partial charge in [-0.25, -0.2) is 0 Å². The fourth-order valence-corrected chi connectivity index (χ4v) is 3.40. The summed E-state index contributed by atoms with van der Waals surface area (Å²) in [6.45, 7) is 0.848. The molecule has 1 saturated carbocycles.